The van der Waals surface area contributed by atoms with Crippen molar-refractivity contribution in [3.05, 3.63) is 36.2 Å². The molecular formula is C23H26B2N7O2. The van der Waals surface area contributed by atoms with E-state index in [1.165, 1.54) is 6.92 Å². The molecule has 2 aliphatic rings. The molecule has 0 N–H and O–H groups in total. The highest BCUT2D eigenvalue weighted by Crippen LogP contribution is 2.58. The predicted octanol–water partition coefficient (Wildman–Crippen LogP) is 1.28. The van der Waals surface area contributed by atoms with E-state index in [2.05, 4.69) is 27.0 Å². The number of pyridine rings is 1. The van der Waals surface area contributed by atoms with Gasteiger partial charge in [0.1, 0.15) is 18.1 Å². The first-order valence-corrected chi connectivity index (χ1v) is 11.4. The molecule has 3 unspecified atom stereocenters. The summed E-state index contributed by atoms with van der Waals surface area (Å²) in [7, 11) is 11.4. The first-order chi connectivity index (χ1) is 16.2. The normalized spacial score (nSPS) is 23.4. The smallest absolute Gasteiger partial charge is 0.244 e. The van der Waals surface area contributed by atoms with Crippen LogP contribution in [0.3, 0.4) is 0 Å². The van der Waals surface area contributed by atoms with Crippen molar-refractivity contribution in [3.63, 3.8) is 0 Å². The van der Waals surface area contributed by atoms with Crippen molar-refractivity contribution in [1.82, 2.24) is 34.5 Å². The highest BCUT2D eigenvalue weighted by molar-refractivity contribution is 6.90. The van der Waals surface area contributed by atoms with Crippen LogP contribution in [0.4, 0.5) is 0 Å². The minimum atomic E-state index is -0.171. The summed E-state index contributed by atoms with van der Waals surface area (Å²) < 4.78 is 1.58. The maximum atomic E-state index is 13.2. The van der Waals surface area contributed by atoms with Gasteiger partial charge in [0.15, 0.2) is 5.78 Å². The molecule has 1 saturated heterocycles. The van der Waals surface area contributed by atoms with E-state index in [9.17, 15) is 9.59 Å². The van der Waals surface area contributed by atoms with E-state index < -0.39 is 0 Å². The third kappa shape index (κ3) is 3.91. The Labute approximate surface area is 200 Å². The van der Waals surface area contributed by atoms with Crippen molar-refractivity contribution in [2.45, 2.75) is 51.8 Å². The molecule has 3 atom stereocenters. The zero-order chi connectivity index (χ0) is 24.2. The van der Waals surface area contributed by atoms with Gasteiger partial charge >= 0.3 is 0 Å². The molecule has 0 spiro atoms. The Morgan fingerprint density at radius 3 is 2.59 bits per heavy atom. The minimum absolute atomic E-state index is 0.0318. The number of Topliss-reactive ketones (excluding diaryl/α,β-unsaturated/α-hetero) is 1. The number of carbonyl (C=O) groups excluding carboxylic acids is 2. The molecule has 5 rings (SSSR count). The molecule has 2 fully saturated rings. The van der Waals surface area contributed by atoms with E-state index in [-0.39, 0.29) is 35.6 Å². The van der Waals surface area contributed by atoms with Crippen molar-refractivity contribution in [3.8, 4) is 11.3 Å². The molecule has 4 heterocycles. The van der Waals surface area contributed by atoms with Crippen LogP contribution in [0.25, 0.3) is 22.2 Å². The second-order valence-electron chi connectivity index (χ2n) is 9.91. The standard InChI is InChI=1S/C23H26B2N7O2/c1-13(33)22-15-5-16(14-8-27-20(28-9-14)11-30(3)4)26-10-17(15)31(29-22)12-21(34)32-18-6-23(18,2)7-19(32)25-24/h5,8-10,18-19H,6-7,11-12H2,1-4H3. The van der Waals surface area contributed by atoms with Crippen molar-refractivity contribution >= 4 is 37.5 Å². The maximum Gasteiger partial charge on any atom is 0.244 e. The molecule has 171 valence electrons. The van der Waals surface area contributed by atoms with Gasteiger partial charge in [0.05, 0.1) is 31.1 Å². The summed E-state index contributed by atoms with van der Waals surface area (Å²) in [5.74, 6) is 0.430. The van der Waals surface area contributed by atoms with E-state index in [1.807, 2.05) is 30.0 Å². The van der Waals surface area contributed by atoms with E-state index in [0.29, 0.717) is 34.7 Å². The van der Waals surface area contributed by atoms with Crippen LogP contribution in [0, 0.1) is 5.41 Å². The Balaban J connectivity index is 1.45. The largest absolute Gasteiger partial charge is 0.344 e. The highest BCUT2D eigenvalue weighted by Gasteiger charge is 2.61. The van der Waals surface area contributed by atoms with E-state index >= 15 is 0 Å². The fourth-order valence-corrected chi connectivity index (χ4v) is 5.03. The van der Waals surface area contributed by atoms with Crippen LogP contribution in [0.2, 0.25) is 0 Å². The van der Waals surface area contributed by atoms with Gasteiger partial charge in [0, 0.05) is 44.0 Å². The third-order valence-corrected chi connectivity index (χ3v) is 6.90. The molecule has 1 amide bonds. The van der Waals surface area contributed by atoms with Gasteiger partial charge < -0.3 is 9.80 Å². The Hall–Kier alpha value is -3.07. The molecule has 3 aromatic heterocycles. The van der Waals surface area contributed by atoms with E-state index in [4.69, 9.17) is 7.74 Å². The summed E-state index contributed by atoms with van der Waals surface area (Å²) in [6, 6.07) is 2.04. The Morgan fingerprint density at radius 2 is 1.94 bits per heavy atom. The fraction of sp³-hybridized carbons (Fsp3) is 0.478. The van der Waals surface area contributed by atoms with Gasteiger partial charge in [-0.25, -0.2) is 9.97 Å². The van der Waals surface area contributed by atoms with Crippen LogP contribution in [0.5, 0.6) is 0 Å². The number of ketones is 1. The first kappa shape index (κ1) is 22.7. The SMILES string of the molecule is [B][B]C1CC2(C)CC2N1C(=O)Cn1nc(C(C)=O)c2cc(-c3cnc(CN(C)C)nc3)ncc21. The maximum absolute atomic E-state index is 13.2. The summed E-state index contributed by atoms with van der Waals surface area (Å²) in [5.41, 5.74) is 2.50. The summed E-state index contributed by atoms with van der Waals surface area (Å²) in [5, 5.41) is 5.14. The second-order valence-corrected chi connectivity index (χ2v) is 9.91. The number of carbonyl (C=O) groups is 2. The van der Waals surface area contributed by atoms with Crippen LogP contribution < -0.4 is 0 Å². The lowest BCUT2D eigenvalue weighted by atomic mass is 9.49. The summed E-state index contributed by atoms with van der Waals surface area (Å²) in [6.07, 6.45) is 7.00. The summed E-state index contributed by atoms with van der Waals surface area (Å²) >= 11 is 0. The Bertz CT molecular complexity index is 1280. The van der Waals surface area contributed by atoms with Crippen LogP contribution >= 0.6 is 0 Å². The van der Waals surface area contributed by atoms with Crippen molar-refractivity contribution in [2.75, 3.05) is 14.1 Å². The van der Waals surface area contributed by atoms with E-state index in [0.717, 1.165) is 18.4 Å². The fourth-order valence-electron chi connectivity index (χ4n) is 5.03. The number of nitrogens with zero attached hydrogens (tertiary/aromatic N) is 7. The number of hydrogen-bond acceptors (Lipinski definition) is 7. The average molecular weight is 454 g/mol. The molecule has 1 saturated carbocycles. The Kier molecular flexibility index (Phi) is 5.54. The lowest BCUT2D eigenvalue weighted by Crippen LogP contribution is -2.43. The topological polar surface area (TPSA) is 97.1 Å². The second kappa shape index (κ2) is 8.30. The molecule has 1 aliphatic heterocycles. The number of fused-ring (bicyclic) bond motifs is 2. The molecule has 0 aromatic carbocycles. The van der Waals surface area contributed by atoms with E-state index in [1.54, 1.807) is 30.4 Å². The van der Waals surface area contributed by atoms with Gasteiger partial charge in [-0.1, -0.05) is 6.92 Å². The molecule has 11 heteroatoms. The molecule has 34 heavy (non-hydrogen) atoms. The molecule has 0 bridgehead atoms. The van der Waals surface area contributed by atoms with Crippen molar-refractivity contribution in [1.29, 1.82) is 0 Å². The van der Waals surface area contributed by atoms with Crippen LogP contribution in [0.15, 0.2) is 24.7 Å². The minimum Gasteiger partial charge on any atom is -0.344 e. The number of hydrogen-bond donors (Lipinski definition) is 0. The molecule has 9 nitrogen and oxygen atoms in total. The van der Waals surface area contributed by atoms with Gasteiger partial charge in [-0.15, -0.1) is 0 Å². The molecule has 3 aromatic rings. The quantitative estimate of drug-likeness (QED) is 0.392. The van der Waals surface area contributed by atoms with Crippen LogP contribution in [0.1, 0.15) is 43.0 Å². The van der Waals surface area contributed by atoms with Crippen LogP contribution in [-0.4, -0.2) is 87.2 Å². The van der Waals surface area contributed by atoms with Gasteiger partial charge in [-0.05, 0) is 44.4 Å². The third-order valence-electron chi connectivity index (χ3n) is 6.90. The molecular weight excluding hydrogens is 428 g/mol. The van der Waals surface area contributed by atoms with Gasteiger partial charge in [0.2, 0.25) is 5.91 Å². The average Bonchev–Trinajstić information content (AvgIpc) is 3.17. The number of amides is 1. The summed E-state index contributed by atoms with van der Waals surface area (Å²) in [6.45, 7) is 4.34. The van der Waals surface area contributed by atoms with Crippen molar-refractivity contribution < 1.29 is 9.59 Å². The monoisotopic (exact) mass is 454 g/mol. The first-order valence-electron chi connectivity index (χ1n) is 11.4. The molecule has 3 radical (unpaired) electrons. The lowest BCUT2D eigenvalue weighted by Gasteiger charge is -2.27. The number of likely N-dealkylation sites (tertiary alicyclic amines) is 1. The van der Waals surface area contributed by atoms with Crippen molar-refractivity contribution in [2.24, 2.45) is 5.41 Å². The number of aromatic nitrogens is 5. The molecule has 1 aliphatic carbocycles. The zero-order valence-electron chi connectivity index (χ0n) is 19.9. The van der Waals surface area contributed by atoms with Gasteiger partial charge in [0.25, 0.3) is 0 Å². The lowest BCUT2D eigenvalue weighted by molar-refractivity contribution is -0.132. The van der Waals surface area contributed by atoms with Crippen LogP contribution in [-0.2, 0) is 17.9 Å². The van der Waals surface area contributed by atoms with Gasteiger partial charge in [-0.3, -0.25) is 19.3 Å². The highest BCUT2D eigenvalue weighted by atomic mass is 16.2. The Morgan fingerprint density at radius 1 is 1.21 bits per heavy atom. The number of piperidine rings is 1. The summed E-state index contributed by atoms with van der Waals surface area (Å²) in [4.78, 5) is 42.9. The zero-order valence-corrected chi connectivity index (χ0v) is 19.9. The predicted molar refractivity (Wildman–Crippen MR) is 129 cm³/mol. The number of rotatable bonds is 7. The van der Waals surface area contributed by atoms with Gasteiger partial charge in [-0.2, -0.15) is 5.10 Å².